The number of benzene rings is 1. The smallest absolute Gasteiger partial charge is 0.0371 e. The SMILES string of the molecule is Cc1cccc(N2CC=C(CN)CC2)c1. The van der Waals surface area contributed by atoms with E-state index in [-0.39, 0.29) is 0 Å². The van der Waals surface area contributed by atoms with Gasteiger partial charge in [0.2, 0.25) is 0 Å². The minimum absolute atomic E-state index is 0.710. The van der Waals surface area contributed by atoms with E-state index in [2.05, 4.69) is 42.2 Å². The van der Waals surface area contributed by atoms with Crippen LogP contribution in [0.15, 0.2) is 35.9 Å². The Balaban J connectivity index is 2.11. The summed E-state index contributed by atoms with van der Waals surface area (Å²) in [6.07, 6.45) is 3.36. The zero-order valence-electron chi connectivity index (χ0n) is 9.24. The summed E-state index contributed by atoms with van der Waals surface area (Å²) >= 11 is 0. The van der Waals surface area contributed by atoms with Crippen molar-refractivity contribution in [2.24, 2.45) is 5.73 Å². The summed E-state index contributed by atoms with van der Waals surface area (Å²) in [5, 5.41) is 0. The molecule has 0 amide bonds. The van der Waals surface area contributed by atoms with Crippen LogP contribution in [0.4, 0.5) is 5.69 Å². The van der Waals surface area contributed by atoms with Crippen molar-refractivity contribution in [1.29, 1.82) is 0 Å². The van der Waals surface area contributed by atoms with Crippen molar-refractivity contribution in [1.82, 2.24) is 0 Å². The lowest BCUT2D eigenvalue weighted by atomic mass is 10.1. The number of hydrogen-bond acceptors (Lipinski definition) is 2. The van der Waals surface area contributed by atoms with E-state index in [0.717, 1.165) is 19.5 Å². The molecule has 0 aromatic heterocycles. The standard InChI is InChI=1S/C13H18N2/c1-11-3-2-4-13(9-11)15-7-5-12(10-14)6-8-15/h2-5,9H,6-8,10,14H2,1H3. The summed E-state index contributed by atoms with van der Waals surface area (Å²) in [6, 6.07) is 8.66. The van der Waals surface area contributed by atoms with E-state index in [0.29, 0.717) is 6.54 Å². The second-order valence-electron chi connectivity index (χ2n) is 4.10. The van der Waals surface area contributed by atoms with Gasteiger partial charge in [0.1, 0.15) is 0 Å². The quantitative estimate of drug-likeness (QED) is 0.744. The Kier molecular flexibility index (Phi) is 3.07. The Hall–Kier alpha value is -1.28. The maximum absolute atomic E-state index is 5.62. The van der Waals surface area contributed by atoms with Gasteiger partial charge in [0.05, 0.1) is 0 Å². The van der Waals surface area contributed by atoms with Gasteiger partial charge in [0.15, 0.2) is 0 Å². The lowest BCUT2D eigenvalue weighted by Gasteiger charge is -2.28. The highest BCUT2D eigenvalue weighted by Gasteiger charge is 2.10. The number of nitrogens with two attached hydrogens (primary N) is 1. The van der Waals surface area contributed by atoms with Crippen LogP contribution in [-0.4, -0.2) is 19.6 Å². The number of aryl methyl sites for hydroxylation is 1. The predicted molar refractivity (Wildman–Crippen MR) is 65.1 cm³/mol. The molecular weight excluding hydrogens is 184 g/mol. The molecule has 0 atom stereocenters. The summed E-state index contributed by atoms with van der Waals surface area (Å²) in [6.45, 7) is 4.93. The second kappa shape index (κ2) is 4.49. The summed E-state index contributed by atoms with van der Waals surface area (Å²) in [5.74, 6) is 0. The molecule has 0 saturated carbocycles. The molecule has 0 aliphatic carbocycles. The van der Waals surface area contributed by atoms with Gasteiger partial charge in [-0.2, -0.15) is 0 Å². The van der Waals surface area contributed by atoms with Gasteiger partial charge < -0.3 is 10.6 Å². The third kappa shape index (κ3) is 2.39. The summed E-state index contributed by atoms with van der Waals surface area (Å²) in [4.78, 5) is 2.40. The third-order valence-electron chi connectivity index (χ3n) is 2.93. The Morgan fingerprint density at radius 3 is 2.87 bits per heavy atom. The highest BCUT2D eigenvalue weighted by atomic mass is 15.1. The van der Waals surface area contributed by atoms with E-state index >= 15 is 0 Å². The Bertz CT molecular complexity index is 369. The van der Waals surface area contributed by atoms with Crippen molar-refractivity contribution in [3.05, 3.63) is 41.5 Å². The molecule has 0 saturated heterocycles. The first-order chi connectivity index (χ1) is 7.29. The molecule has 2 N–H and O–H groups in total. The van der Waals surface area contributed by atoms with Crippen LogP contribution in [0, 0.1) is 6.92 Å². The maximum Gasteiger partial charge on any atom is 0.0371 e. The van der Waals surface area contributed by atoms with Crippen LogP contribution < -0.4 is 10.6 Å². The molecule has 0 bridgehead atoms. The fraction of sp³-hybridized carbons (Fsp3) is 0.385. The van der Waals surface area contributed by atoms with Crippen LogP contribution in [0.25, 0.3) is 0 Å². The fourth-order valence-corrected chi connectivity index (χ4v) is 1.96. The molecule has 2 heteroatoms. The normalized spacial score (nSPS) is 16.4. The van der Waals surface area contributed by atoms with E-state index in [9.17, 15) is 0 Å². The van der Waals surface area contributed by atoms with Gasteiger partial charge in [0, 0.05) is 25.3 Å². The van der Waals surface area contributed by atoms with Gasteiger partial charge >= 0.3 is 0 Å². The maximum atomic E-state index is 5.62. The molecule has 80 valence electrons. The van der Waals surface area contributed by atoms with E-state index in [1.807, 2.05) is 0 Å². The van der Waals surface area contributed by atoms with Gasteiger partial charge in [0.25, 0.3) is 0 Å². The lowest BCUT2D eigenvalue weighted by Crippen LogP contribution is -2.29. The molecule has 0 fully saturated rings. The minimum atomic E-state index is 0.710. The molecule has 1 aliphatic rings. The van der Waals surface area contributed by atoms with Crippen LogP contribution in [0.2, 0.25) is 0 Å². The van der Waals surface area contributed by atoms with Gasteiger partial charge in [-0.1, -0.05) is 23.8 Å². The van der Waals surface area contributed by atoms with E-state index in [4.69, 9.17) is 5.73 Å². The highest BCUT2D eigenvalue weighted by molar-refractivity contribution is 5.50. The number of rotatable bonds is 2. The molecule has 1 aromatic rings. The Labute approximate surface area is 91.4 Å². The first-order valence-electron chi connectivity index (χ1n) is 5.49. The van der Waals surface area contributed by atoms with Crippen LogP contribution in [0.5, 0.6) is 0 Å². The molecule has 0 spiro atoms. The molecular formula is C13H18N2. The Morgan fingerprint density at radius 1 is 1.40 bits per heavy atom. The second-order valence-corrected chi connectivity index (χ2v) is 4.10. The number of hydrogen-bond donors (Lipinski definition) is 1. The minimum Gasteiger partial charge on any atom is -0.367 e. The van der Waals surface area contributed by atoms with E-state index in [1.54, 1.807) is 0 Å². The van der Waals surface area contributed by atoms with Crippen molar-refractivity contribution < 1.29 is 0 Å². The number of nitrogens with zero attached hydrogens (tertiary/aromatic N) is 1. The van der Waals surface area contributed by atoms with Crippen molar-refractivity contribution in [2.75, 3.05) is 24.5 Å². The molecule has 1 aromatic carbocycles. The topological polar surface area (TPSA) is 29.3 Å². The van der Waals surface area contributed by atoms with Crippen LogP contribution in [0.1, 0.15) is 12.0 Å². The van der Waals surface area contributed by atoms with Crippen molar-refractivity contribution in [3.8, 4) is 0 Å². The first kappa shape index (κ1) is 10.2. The van der Waals surface area contributed by atoms with Gasteiger partial charge in [-0.25, -0.2) is 0 Å². The summed E-state index contributed by atoms with van der Waals surface area (Å²) in [7, 11) is 0. The van der Waals surface area contributed by atoms with E-state index in [1.165, 1.54) is 16.8 Å². The fourth-order valence-electron chi connectivity index (χ4n) is 1.96. The Morgan fingerprint density at radius 2 is 2.27 bits per heavy atom. The molecule has 1 heterocycles. The monoisotopic (exact) mass is 202 g/mol. The van der Waals surface area contributed by atoms with Gasteiger partial charge in [-0.05, 0) is 31.0 Å². The lowest BCUT2D eigenvalue weighted by molar-refractivity contribution is 0.772. The van der Waals surface area contributed by atoms with Gasteiger partial charge in [-0.3, -0.25) is 0 Å². The zero-order valence-corrected chi connectivity index (χ0v) is 9.24. The molecule has 2 rings (SSSR count). The molecule has 0 radical (unpaired) electrons. The van der Waals surface area contributed by atoms with Crippen LogP contribution in [0.3, 0.4) is 0 Å². The summed E-state index contributed by atoms with van der Waals surface area (Å²) < 4.78 is 0. The van der Waals surface area contributed by atoms with Crippen molar-refractivity contribution >= 4 is 5.69 Å². The van der Waals surface area contributed by atoms with Crippen LogP contribution >= 0.6 is 0 Å². The van der Waals surface area contributed by atoms with Crippen molar-refractivity contribution in [3.63, 3.8) is 0 Å². The third-order valence-corrected chi connectivity index (χ3v) is 2.93. The number of anilines is 1. The highest BCUT2D eigenvalue weighted by Crippen LogP contribution is 2.20. The predicted octanol–water partition coefficient (Wildman–Crippen LogP) is 2.09. The average molecular weight is 202 g/mol. The van der Waals surface area contributed by atoms with Gasteiger partial charge in [-0.15, -0.1) is 0 Å². The van der Waals surface area contributed by atoms with Crippen molar-refractivity contribution in [2.45, 2.75) is 13.3 Å². The zero-order chi connectivity index (χ0) is 10.7. The molecule has 15 heavy (non-hydrogen) atoms. The van der Waals surface area contributed by atoms with E-state index < -0.39 is 0 Å². The molecule has 1 aliphatic heterocycles. The van der Waals surface area contributed by atoms with Crippen LogP contribution in [-0.2, 0) is 0 Å². The molecule has 0 unspecified atom stereocenters. The summed E-state index contributed by atoms with van der Waals surface area (Å²) in [5.41, 5.74) is 9.65. The molecule has 2 nitrogen and oxygen atoms in total. The average Bonchev–Trinajstić information content (AvgIpc) is 2.29. The first-order valence-corrected chi connectivity index (χ1v) is 5.49. The largest absolute Gasteiger partial charge is 0.367 e.